The molecule has 122 valence electrons. The standard InChI is InChI=1S/C20H19NO3/c1-24-18-10-8-16(9-11-18)17-13-20(23)21(14-17)19(22)12-7-15-5-3-2-4-6-15/h2-12,17H,13-14H2,1H3/b12-7+/t17-/m1/s1. The normalized spacial score (nSPS) is 17.5. The Morgan fingerprint density at radius 3 is 2.50 bits per heavy atom. The van der Waals surface area contributed by atoms with Gasteiger partial charge in [-0.1, -0.05) is 42.5 Å². The number of imide groups is 1. The van der Waals surface area contributed by atoms with E-state index in [9.17, 15) is 9.59 Å². The SMILES string of the molecule is COc1ccc([C@@H]2CC(=O)N(C(=O)/C=C/c3ccccc3)C2)cc1. The van der Waals surface area contributed by atoms with Crippen LogP contribution < -0.4 is 4.74 Å². The molecule has 2 aromatic rings. The average molecular weight is 321 g/mol. The molecule has 0 bridgehead atoms. The molecule has 3 rings (SSSR count). The quantitative estimate of drug-likeness (QED) is 0.812. The molecule has 2 aromatic carbocycles. The predicted molar refractivity (Wildman–Crippen MR) is 92.5 cm³/mol. The Bertz CT molecular complexity index is 750. The summed E-state index contributed by atoms with van der Waals surface area (Å²) in [4.78, 5) is 25.8. The van der Waals surface area contributed by atoms with Gasteiger partial charge in [0, 0.05) is 25.0 Å². The van der Waals surface area contributed by atoms with Crippen molar-refractivity contribution in [2.75, 3.05) is 13.7 Å². The van der Waals surface area contributed by atoms with Crippen molar-refractivity contribution >= 4 is 17.9 Å². The number of hydrogen-bond acceptors (Lipinski definition) is 3. The second-order valence-corrected chi connectivity index (χ2v) is 5.76. The zero-order valence-corrected chi connectivity index (χ0v) is 13.5. The fourth-order valence-electron chi connectivity index (χ4n) is 2.84. The Balaban J connectivity index is 1.67. The highest BCUT2D eigenvalue weighted by Gasteiger charge is 2.33. The fourth-order valence-corrected chi connectivity index (χ4v) is 2.84. The van der Waals surface area contributed by atoms with Crippen LogP contribution in [0.5, 0.6) is 5.75 Å². The first-order chi connectivity index (χ1) is 11.7. The number of likely N-dealkylation sites (tertiary alicyclic amines) is 1. The van der Waals surface area contributed by atoms with E-state index in [1.807, 2.05) is 54.6 Å². The Morgan fingerprint density at radius 1 is 1.12 bits per heavy atom. The van der Waals surface area contributed by atoms with E-state index < -0.39 is 0 Å². The minimum absolute atomic E-state index is 0.0393. The van der Waals surface area contributed by atoms with Crippen LogP contribution in [0.25, 0.3) is 6.08 Å². The number of rotatable bonds is 4. The summed E-state index contributed by atoms with van der Waals surface area (Å²) in [6, 6.07) is 17.2. The number of nitrogens with zero attached hydrogens (tertiary/aromatic N) is 1. The van der Waals surface area contributed by atoms with Crippen molar-refractivity contribution in [1.82, 2.24) is 4.90 Å². The lowest BCUT2D eigenvalue weighted by molar-refractivity contribution is -0.138. The fraction of sp³-hybridized carbons (Fsp3) is 0.200. The molecule has 1 aliphatic rings. The summed E-state index contributed by atoms with van der Waals surface area (Å²) >= 11 is 0. The van der Waals surface area contributed by atoms with Crippen molar-refractivity contribution < 1.29 is 14.3 Å². The van der Waals surface area contributed by atoms with Gasteiger partial charge in [-0.3, -0.25) is 14.5 Å². The molecule has 1 aliphatic heterocycles. The van der Waals surface area contributed by atoms with Crippen LogP contribution in [0.4, 0.5) is 0 Å². The maximum Gasteiger partial charge on any atom is 0.253 e. The molecule has 0 saturated carbocycles. The molecule has 4 heteroatoms. The highest BCUT2D eigenvalue weighted by atomic mass is 16.5. The molecule has 1 fully saturated rings. The number of carbonyl (C=O) groups is 2. The van der Waals surface area contributed by atoms with E-state index in [2.05, 4.69) is 0 Å². The molecule has 0 aliphatic carbocycles. The molecule has 1 saturated heterocycles. The van der Waals surface area contributed by atoms with Crippen LogP contribution in [0, 0.1) is 0 Å². The molecular weight excluding hydrogens is 302 g/mol. The molecule has 0 unspecified atom stereocenters. The zero-order valence-electron chi connectivity index (χ0n) is 13.5. The van der Waals surface area contributed by atoms with Gasteiger partial charge in [-0.2, -0.15) is 0 Å². The van der Waals surface area contributed by atoms with Crippen LogP contribution in [0.3, 0.4) is 0 Å². The first kappa shape index (κ1) is 16.0. The number of methoxy groups -OCH3 is 1. The Hall–Kier alpha value is -2.88. The largest absolute Gasteiger partial charge is 0.497 e. The molecule has 4 nitrogen and oxygen atoms in total. The third kappa shape index (κ3) is 3.54. The van der Waals surface area contributed by atoms with E-state index in [0.29, 0.717) is 13.0 Å². The first-order valence-electron chi connectivity index (χ1n) is 7.89. The Labute approximate surface area is 141 Å². The lowest BCUT2D eigenvalue weighted by Gasteiger charge is -2.13. The van der Waals surface area contributed by atoms with E-state index in [4.69, 9.17) is 4.74 Å². The average Bonchev–Trinajstić information content (AvgIpc) is 3.02. The summed E-state index contributed by atoms with van der Waals surface area (Å²) < 4.78 is 5.15. The van der Waals surface area contributed by atoms with E-state index in [1.54, 1.807) is 13.2 Å². The summed E-state index contributed by atoms with van der Waals surface area (Å²) in [5.74, 6) is 0.428. The molecule has 0 spiro atoms. The van der Waals surface area contributed by atoms with Crippen molar-refractivity contribution in [3.63, 3.8) is 0 Å². The summed E-state index contributed by atoms with van der Waals surface area (Å²) in [7, 11) is 1.62. The van der Waals surface area contributed by atoms with Crippen molar-refractivity contribution in [3.8, 4) is 5.75 Å². The highest BCUT2D eigenvalue weighted by Crippen LogP contribution is 2.29. The van der Waals surface area contributed by atoms with Gasteiger partial charge in [0.2, 0.25) is 5.91 Å². The number of carbonyl (C=O) groups excluding carboxylic acids is 2. The topological polar surface area (TPSA) is 46.6 Å². The minimum Gasteiger partial charge on any atom is -0.497 e. The smallest absolute Gasteiger partial charge is 0.253 e. The highest BCUT2D eigenvalue weighted by molar-refractivity contribution is 6.04. The molecule has 0 aromatic heterocycles. The van der Waals surface area contributed by atoms with Gasteiger partial charge >= 0.3 is 0 Å². The lowest BCUT2D eigenvalue weighted by atomic mass is 9.98. The van der Waals surface area contributed by atoms with E-state index in [-0.39, 0.29) is 17.7 Å². The van der Waals surface area contributed by atoms with Crippen molar-refractivity contribution in [2.24, 2.45) is 0 Å². The molecule has 24 heavy (non-hydrogen) atoms. The van der Waals surface area contributed by atoms with E-state index >= 15 is 0 Å². The van der Waals surface area contributed by atoms with E-state index in [0.717, 1.165) is 16.9 Å². The maximum absolute atomic E-state index is 12.3. The third-order valence-electron chi connectivity index (χ3n) is 4.20. The summed E-state index contributed by atoms with van der Waals surface area (Å²) in [6.45, 7) is 0.420. The van der Waals surface area contributed by atoms with Gasteiger partial charge in [0.1, 0.15) is 5.75 Å². The van der Waals surface area contributed by atoms with Gasteiger partial charge in [0.25, 0.3) is 5.91 Å². The van der Waals surface area contributed by atoms with Crippen LogP contribution >= 0.6 is 0 Å². The van der Waals surface area contributed by atoms with Gasteiger partial charge in [-0.25, -0.2) is 0 Å². The van der Waals surface area contributed by atoms with Gasteiger partial charge in [-0.15, -0.1) is 0 Å². The number of benzene rings is 2. The molecule has 2 amide bonds. The second kappa shape index (κ2) is 7.13. The van der Waals surface area contributed by atoms with Crippen LogP contribution in [0.1, 0.15) is 23.5 Å². The van der Waals surface area contributed by atoms with Crippen LogP contribution in [0.2, 0.25) is 0 Å². The van der Waals surface area contributed by atoms with Gasteiger partial charge in [0.15, 0.2) is 0 Å². The molecular formula is C20H19NO3. The van der Waals surface area contributed by atoms with Gasteiger partial charge in [-0.05, 0) is 29.3 Å². The zero-order chi connectivity index (χ0) is 16.9. The third-order valence-corrected chi connectivity index (χ3v) is 4.20. The summed E-state index contributed by atoms with van der Waals surface area (Å²) in [6.07, 6.45) is 3.55. The van der Waals surface area contributed by atoms with Crippen molar-refractivity contribution in [2.45, 2.75) is 12.3 Å². The number of ether oxygens (including phenoxy) is 1. The van der Waals surface area contributed by atoms with Crippen LogP contribution in [0.15, 0.2) is 60.7 Å². The molecule has 1 atom stereocenters. The van der Waals surface area contributed by atoms with Crippen LogP contribution in [-0.2, 0) is 9.59 Å². The van der Waals surface area contributed by atoms with E-state index in [1.165, 1.54) is 11.0 Å². The first-order valence-corrected chi connectivity index (χ1v) is 7.89. The lowest BCUT2D eigenvalue weighted by Crippen LogP contribution is -2.30. The Kier molecular flexibility index (Phi) is 4.75. The second-order valence-electron chi connectivity index (χ2n) is 5.76. The maximum atomic E-state index is 12.3. The van der Waals surface area contributed by atoms with Crippen molar-refractivity contribution in [3.05, 3.63) is 71.8 Å². The molecule has 0 N–H and O–H groups in total. The number of hydrogen-bond donors (Lipinski definition) is 0. The summed E-state index contributed by atoms with van der Waals surface area (Å²) in [5, 5.41) is 0. The Morgan fingerprint density at radius 2 is 1.83 bits per heavy atom. The van der Waals surface area contributed by atoms with Gasteiger partial charge in [0.05, 0.1) is 7.11 Å². The van der Waals surface area contributed by atoms with Crippen LogP contribution in [-0.4, -0.2) is 30.4 Å². The predicted octanol–water partition coefficient (Wildman–Crippen LogP) is 3.25. The number of amides is 2. The van der Waals surface area contributed by atoms with Crippen molar-refractivity contribution in [1.29, 1.82) is 0 Å². The monoisotopic (exact) mass is 321 g/mol. The summed E-state index contributed by atoms with van der Waals surface area (Å²) in [5.41, 5.74) is 1.98. The molecule has 1 heterocycles. The van der Waals surface area contributed by atoms with Gasteiger partial charge < -0.3 is 4.74 Å². The minimum atomic E-state index is -0.264. The molecule has 0 radical (unpaired) electrons.